The topological polar surface area (TPSA) is 76.8 Å². The third-order valence-electron chi connectivity index (χ3n) is 7.74. The van der Waals surface area contributed by atoms with Crippen molar-refractivity contribution in [1.82, 2.24) is 10.3 Å². The number of oxazole rings is 1. The normalized spacial score (nSPS) is 19.9. The van der Waals surface area contributed by atoms with E-state index in [1.165, 1.54) is 18.4 Å². The highest BCUT2D eigenvalue weighted by Gasteiger charge is 2.37. The van der Waals surface area contributed by atoms with E-state index in [1.54, 1.807) is 0 Å². The van der Waals surface area contributed by atoms with Gasteiger partial charge in [0.1, 0.15) is 18.7 Å². The number of para-hydroxylation sites is 2. The maximum Gasteiger partial charge on any atom is 0.298 e. The molecular weight excluding hydrogens is 430 g/mol. The van der Waals surface area contributed by atoms with Gasteiger partial charge in [-0.15, -0.1) is 0 Å². The Hall–Kier alpha value is -3.22. The molecule has 34 heavy (non-hydrogen) atoms. The zero-order valence-corrected chi connectivity index (χ0v) is 19.4. The molecule has 0 bridgehead atoms. The third kappa shape index (κ3) is 3.97. The number of hydrogen-bond donors (Lipinski definition) is 1. The van der Waals surface area contributed by atoms with E-state index in [4.69, 9.17) is 13.9 Å². The molecule has 6 rings (SSSR count). The van der Waals surface area contributed by atoms with Crippen LogP contribution in [0.25, 0.3) is 11.1 Å². The number of amides is 1. The van der Waals surface area contributed by atoms with Crippen LogP contribution in [-0.4, -0.2) is 43.7 Å². The summed E-state index contributed by atoms with van der Waals surface area (Å²) >= 11 is 0. The molecule has 1 amide bonds. The van der Waals surface area contributed by atoms with E-state index in [1.807, 2.05) is 30.3 Å². The van der Waals surface area contributed by atoms with Gasteiger partial charge in [0.25, 0.3) is 6.01 Å². The van der Waals surface area contributed by atoms with E-state index in [0.717, 1.165) is 61.4 Å². The number of fused-ring (bicyclic) bond motifs is 2. The summed E-state index contributed by atoms with van der Waals surface area (Å²) in [5, 5.41) is 3.32. The molecule has 0 spiro atoms. The van der Waals surface area contributed by atoms with Crippen molar-refractivity contribution < 1.29 is 18.7 Å². The smallest absolute Gasteiger partial charge is 0.298 e. The molecular formula is C27H31N3O4. The predicted octanol–water partition coefficient (Wildman–Crippen LogP) is 4.44. The van der Waals surface area contributed by atoms with Gasteiger partial charge in [-0.05, 0) is 55.5 Å². The first-order valence-corrected chi connectivity index (χ1v) is 12.5. The Bertz CT molecular complexity index is 1140. The second kappa shape index (κ2) is 8.85. The second-order valence-corrected chi connectivity index (χ2v) is 9.79. The van der Waals surface area contributed by atoms with Crippen molar-refractivity contribution in [2.75, 3.05) is 37.7 Å². The first-order chi connectivity index (χ1) is 16.7. The van der Waals surface area contributed by atoms with Crippen LogP contribution in [0.1, 0.15) is 44.1 Å². The van der Waals surface area contributed by atoms with Gasteiger partial charge in [0.15, 0.2) is 17.1 Å². The average Bonchev–Trinajstić information content (AvgIpc) is 3.55. The largest absolute Gasteiger partial charge is 0.486 e. The lowest BCUT2D eigenvalue weighted by Crippen LogP contribution is -2.45. The number of nitrogens with one attached hydrogen (secondary N) is 1. The van der Waals surface area contributed by atoms with E-state index in [-0.39, 0.29) is 17.2 Å². The Labute approximate surface area is 199 Å². The number of hydrogen-bond acceptors (Lipinski definition) is 6. The number of carbonyl (C=O) groups excluding carboxylic acids is 1. The Balaban J connectivity index is 1.09. The minimum absolute atomic E-state index is 0.0234. The lowest BCUT2D eigenvalue weighted by molar-refractivity contribution is -0.125. The van der Waals surface area contributed by atoms with Crippen LogP contribution in [-0.2, 0) is 10.2 Å². The average molecular weight is 462 g/mol. The van der Waals surface area contributed by atoms with Crippen LogP contribution in [0.3, 0.4) is 0 Å². The molecule has 1 saturated heterocycles. The minimum Gasteiger partial charge on any atom is -0.486 e. The van der Waals surface area contributed by atoms with Gasteiger partial charge in [0, 0.05) is 31.0 Å². The van der Waals surface area contributed by atoms with E-state index in [0.29, 0.717) is 25.8 Å². The van der Waals surface area contributed by atoms with E-state index >= 15 is 0 Å². The molecule has 178 valence electrons. The molecule has 0 atom stereocenters. The van der Waals surface area contributed by atoms with Gasteiger partial charge < -0.3 is 24.1 Å². The summed E-state index contributed by atoms with van der Waals surface area (Å²) in [6.45, 7) is 3.41. The highest BCUT2D eigenvalue weighted by molar-refractivity contribution is 5.79. The summed E-state index contributed by atoms with van der Waals surface area (Å²) in [5.74, 6) is 1.84. The monoisotopic (exact) mass is 461 g/mol. The number of anilines is 1. The fraction of sp³-hybridized carbons (Fsp3) is 0.481. The molecule has 2 aliphatic heterocycles. The fourth-order valence-corrected chi connectivity index (χ4v) is 5.72. The highest BCUT2D eigenvalue weighted by Crippen LogP contribution is 2.44. The summed E-state index contributed by atoms with van der Waals surface area (Å²) in [6, 6.07) is 14.8. The van der Waals surface area contributed by atoms with Crippen molar-refractivity contribution in [2.24, 2.45) is 5.92 Å². The van der Waals surface area contributed by atoms with Gasteiger partial charge in [-0.1, -0.05) is 31.0 Å². The molecule has 2 aromatic carbocycles. The third-order valence-corrected chi connectivity index (χ3v) is 7.74. The number of nitrogens with zero attached hydrogens (tertiary/aromatic N) is 2. The summed E-state index contributed by atoms with van der Waals surface area (Å²) in [5.41, 5.74) is 2.90. The van der Waals surface area contributed by atoms with Gasteiger partial charge >= 0.3 is 0 Å². The standard InChI is InChI=1S/C27H31N3O4/c31-25(19-9-13-30(14-10-19)26-29-21-5-1-2-6-22(21)34-26)28-18-27(11-3-4-12-27)20-7-8-23-24(17-20)33-16-15-32-23/h1-2,5-8,17,19H,3-4,9-16,18H2,(H,28,31). The van der Waals surface area contributed by atoms with Gasteiger partial charge in [-0.2, -0.15) is 4.98 Å². The van der Waals surface area contributed by atoms with E-state index < -0.39 is 0 Å². The lowest BCUT2D eigenvalue weighted by Gasteiger charge is -2.33. The van der Waals surface area contributed by atoms with Crippen molar-refractivity contribution >= 4 is 23.0 Å². The summed E-state index contributed by atoms with van der Waals surface area (Å²) in [7, 11) is 0. The molecule has 1 N–H and O–H groups in total. The molecule has 3 aliphatic rings. The number of piperidine rings is 1. The zero-order valence-electron chi connectivity index (χ0n) is 19.4. The summed E-state index contributed by atoms with van der Waals surface area (Å²) in [4.78, 5) is 19.9. The number of benzene rings is 2. The molecule has 3 heterocycles. The molecule has 2 fully saturated rings. The number of aromatic nitrogens is 1. The molecule has 7 heteroatoms. The van der Waals surface area contributed by atoms with Crippen LogP contribution >= 0.6 is 0 Å². The summed E-state index contributed by atoms with van der Waals surface area (Å²) < 4.78 is 17.4. The number of rotatable bonds is 5. The molecule has 3 aromatic rings. The van der Waals surface area contributed by atoms with E-state index in [2.05, 4.69) is 27.3 Å². The fourth-order valence-electron chi connectivity index (χ4n) is 5.72. The van der Waals surface area contributed by atoms with Crippen molar-refractivity contribution in [2.45, 2.75) is 43.9 Å². The van der Waals surface area contributed by atoms with Crippen molar-refractivity contribution in [3.05, 3.63) is 48.0 Å². The Morgan fingerprint density at radius 2 is 1.79 bits per heavy atom. The maximum absolute atomic E-state index is 13.1. The molecule has 1 aromatic heterocycles. The predicted molar refractivity (Wildman–Crippen MR) is 130 cm³/mol. The van der Waals surface area contributed by atoms with Crippen LogP contribution < -0.4 is 19.7 Å². The number of carbonyl (C=O) groups is 1. The minimum atomic E-state index is -0.0234. The number of ether oxygens (including phenoxy) is 2. The maximum atomic E-state index is 13.1. The molecule has 7 nitrogen and oxygen atoms in total. The SMILES string of the molecule is O=C(NCC1(c2ccc3c(c2)OCCO3)CCCC1)C1CCN(c2nc3ccccc3o2)CC1. The first kappa shape index (κ1) is 21.3. The van der Waals surface area contributed by atoms with Gasteiger partial charge in [0.2, 0.25) is 5.91 Å². The van der Waals surface area contributed by atoms with Crippen LogP contribution in [0.15, 0.2) is 46.9 Å². The van der Waals surface area contributed by atoms with Crippen LogP contribution in [0.5, 0.6) is 11.5 Å². The van der Waals surface area contributed by atoms with Crippen LogP contribution in [0, 0.1) is 5.92 Å². The van der Waals surface area contributed by atoms with Crippen LogP contribution in [0.4, 0.5) is 6.01 Å². The molecule has 1 saturated carbocycles. The molecule has 1 aliphatic carbocycles. The van der Waals surface area contributed by atoms with Gasteiger partial charge in [-0.3, -0.25) is 4.79 Å². The molecule has 0 radical (unpaired) electrons. The first-order valence-electron chi connectivity index (χ1n) is 12.5. The quantitative estimate of drug-likeness (QED) is 0.605. The Morgan fingerprint density at radius 3 is 2.59 bits per heavy atom. The van der Waals surface area contributed by atoms with Gasteiger partial charge in [0.05, 0.1) is 0 Å². The summed E-state index contributed by atoms with van der Waals surface area (Å²) in [6.07, 6.45) is 6.16. The van der Waals surface area contributed by atoms with Gasteiger partial charge in [-0.25, -0.2) is 0 Å². The van der Waals surface area contributed by atoms with Crippen molar-refractivity contribution in [1.29, 1.82) is 0 Å². The van der Waals surface area contributed by atoms with Crippen molar-refractivity contribution in [3.63, 3.8) is 0 Å². The van der Waals surface area contributed by atoms with E-state index in [9.17, 15) is 4.79 Å². The molecule has 0 unspecified atom stereocenters. The Morgan fingerprint density at radius 1 is 1.03 bits per heavy atom. The highest BCUT2D eigenvalue weighted by atomic mass is 16.6. The lowest BCUT2D eigenvalue weighted by atomic mass is 9.78. The Kier molecular flexibility index (Phi) is 5.55. The zero-order chi connectivity index (χ0) is 23.0. The van der Waals surface area contributed by atoms with Crippen molar-refractivity contribution in [3.8, 4) is 11.5 Å². The second-order valence-electron chi connectivity index (χ2n) is 9.79. The van der Waals surface area contributed by atoms with Crippen LogP contribution in [0.2, 0.25) is 0 Å².